The summed E-state index contributed by atoms with van der Waals surface area (Å²) in [4.78, 5) is 35.5. The number of fused-ring (bicyclic) bond motifs is 1. The maximum Gasteiger partial charge on any atom is 0.307 e. The highest BCUT2D eigenvalue weighted by atomic mass is 16.5. The number of likely N-dealkylation sites (tertiary alicyclic amines) is 1. The van der Waals surface area contributed by atoms with E-state index < -0.39 is 0 Å². The van der Waals surface area contributed by atoms with E-state index in [-0.39, 0.29) is 36.3 Å². The minimum absolute atomic E-state index is 0.0587. The van der Waals surface area contributed by atoms with Crippen LogP contribution in [0.2, 0.25) is 0 Å². The van der Waals surface area contributed by atoms with Crippen LogP contribution >= 0.6 is 0 Å². The first-order valence-corrected chi connectivity index (χ1v) is 7.15. The van der Waals surface area contributed by atoms with E-state index in [9.17, 15) is 14.4 Å². The van der Waals surface area contributed by atoms with Gasteiger partial charge in [-0.05, 0) is 18.4 Å². The molecular weight excluding hydrogens is 274 g/mol. The Kier molecular flexibility index (Phi) is 4.65. The number of carbonyl (C=O) groups is 3. The Bertz CT molecular complexity index is 484. The molecule has 1 fully saturated rings. The Morgan fingerprint density at radius 2 is 1.90 bits per heavy atom. The summed E-state index contributed by atoms with van der Waals surface area (Å²) in [6, 6.07) is 0. The van der Waals surface area contributed by atoms with Crippen LogP contribution in [0.15, 0.2) is 11.8 Å². The number of ether oxygens (including phenoxy) is 2. The molecule has 6 heteroatoms. The molecule has 1 aliphatic heterocycles. The number of amides is 1. The van der Waals surface area contributed by atoms with E-state index >= 15 is 0 Å². The maximum atomic E-state index is 11.5. The van der Waals surface area contributed by atoms with E-state index in [0.29, 0.717) is 24.8 Å². The van der Waals surface area contributed by atoms with Gasteiger partial charge in [-0.25, -0.2) is 0 Å². The largest absolute Gasteiger partial charge is 0.465 e. The Morgan fingerprint density at radius 1 is 1.19 bits per heavy atom. The van der Waals surface area contributed by atoms with Gasteiger partial charge in [0.15, 0.2) is 0 Å². The fraction of sp³-hybridized carbons (Fsp3) is 0.667. The lowest BCUT2D eigenvalue weighted by Gasteiger charge is -2.29. The Morgan fingerprint density at radius 3 is 2.48 bits per heavy atom. The molecule has 3 atom stereocenters. The molecular formula is C15H21NO5. The van der Waals surface area contributed by atoms with Crippen molar-refractivity contribution in [2.24, 2.45) is 17.8 Å². The summed E-state index contributed by atoms with van der Waals surface area (Å²) in [6.07, 6.45) is 2.67. The van der Waals surface area contributed by atoms with Gasteiger partial charge < -0.3 is 14.4 Å². The molecule has 6 nitrogen and oxygen atoms in total. The molecule has 0 N–H and O–H groups in total. The molecule has 2 rings (SSSR count). The first kappa shape index (κ1) is 15.5. The van der Waals surface area contributed by atoms with E-state index in [1.165, 1.54) is 13.8 Å². The summed E-state index contributed by atoms with van der Waals surface area (Å²) >= 11 is 0. The van der Waals surface area contributed by atoms with Crippen molar-refractivity contribution in [2.45, 2.75) is 27.2 Å². The van der Waals surface area contributed by atoms with E-state index in [4.69, 9.17) is 9.47 Å². The van der Waals surface area contributed by atoms with Crippen molar-refractivity contribution < 1.29 is 23.9 Å². The van der Waals surface area contributed by atoms with Crippen LogP contribution in [-0.2, 0) is 23.9 Å². The average Bonchev–Trinajstić information content (AvgIpc) is 2.78. The lowest BCUT2D eigenvalue weighted by molar-refractivity contribution is -0.143. The molecule has 0 aromatic heterocycles. The fourth-order valence-electron chi connectivity index (χ4n) is 3.07. The molecule has 1 heterocycles. The SMILES string of the molecule is CC(=O)OC[C@@H]1C[C@@H]2CN(C(C)=O)C[C@@H]2C=C1OC(C)=O. The Hall–Kier alpha value is -1.85. The zero-order valence-corrected chi connectivity index (χ0v) is 12.6. The molecule has 1 saturated heterocycles. The molecule has 0 unspecified atom stereocenters. The van der Waals surface area contributed by atoms with Gasteiger partial charge in [0.05, 0.1) is 5.92 Å². The summed E-state index contributed by atoms with van der Waals surface area (Å²) in [5.41, 5.74) is 0. The topological polar surface area (TPSA) is 72.9 Å². The third kappa shape index (κ3) is 3.83. The molecule has 2 aliphatic rings. The summed E-state index contributed by atoms with van der Waals surface area (Å²) in [7, 11) is 0. The van der Waals surface area contributed by atoms with E-state index in [1.54, 1.807) is 6.92 Å². The second-order valence-electron chi connectivity index (χ2n) is 5.75. The highest BCUT2D eigenvalue weighted by molar-refractivity contribution is 5.73. The van der Waals surface area contributed by atoms with Crippen LogP contribution in [0.4, 0.5) is 0 Å². The lowest BCUT2D eigenvalue weighted by Crippen LogP contribution is -2.28. The standard InChI is InChI=1S/C15H21NO5/c1-9(17)16-6-12-4-14(8-20-10(2)18)15(21-11(3)19)5-13(12)7-16/h5,12-14H,4,6-8H2,1-3H3/t12-,13+,14+/m1/s1. The van der Waals surface area contributed by atoms with Gasteiger partial charge in [-0.3, -0.25) is 14.4 Å². The first-order valence-electron chi connectivity index (χ1n) is 7.15. The minimum atomic E-state index is -0.381. The normalized spacial score (nSPS) is 27.7. The maximum absolute atomic E-state index is 11.5. The van der Waals surface area contributed by atoms with Crippen LogP contribution in [-0.4, -0.2) is 42.4 Å². The van der Waals surface area contributed by atoms with E-state index in [2.05, 4.69) is 0 Å². The van der Waals surface area contributed by atoms with Crippen molar-refractivity contribution in [1.29, 1.82) is 0 Å². The summed E-state index contributed by atoms with van der Waals surface area (Å²) in [6.45, 7) is 5.84. The highest BCUT2D eigenvalue weighted by Gasteiger charge is 2.40. The van der Waals surface area contributed by atoms with Gasteiger partial charge in [-0.1, -0.05) is 0 Å². The molecule has 116 valence electrons. The highest BCUT2D eigenvalue weighted by Crippen LogP contribution is 2.38. The van der Waals surface area contributed by atoms with Gasteiger partial charge in [0.2, 0.25) is 5.91 Å². The average molecular weight is 295 g/mol. The second kappa shape index (κ2) is 6.28. The van der Waals surface area contributed by atoms with Gasteiger partial charge in [0, 0.05) is 39.8 Å². The number of rotatable bonds is 3. The number of nitrogens with zero attached hydrogens (tertiary/aromatic N) is 1. The lowest BCUT2D eigenvalue weighted by atomic mass is 9.80. The molecule has 0 radical (unpaired) electrons. The van der Waals surface area contributed by atoms with Crippen LogP contribution in [0.1, 0.15) is 27.2 Å². The second-order valence-corrected chi connectivity index (χ2v) is 5.75. The molecule has 0 bridgehead atoms. The van der Waals surface area contributed by atoms with Crippen LogP contribution in [0.5, 0.6) is 0 Å². The fourth-order valence-corrected chi connectivity index (χ4v) is 3.07. The van der Waals surface area contributed by atoms with Crippen LogP contribution in [0, 0.1) is 17.8 Å². The van der Waals surface area contributed by atoms with Crippen molar-refractivity contribution >= 4 is 17.8 Å². The van der Waals surface area contributed by atoms with Gasteiger partial charge in [0.1, 0.15) is 12.4 Å². The van der Waals surface area contributed by atoms with Crippen molar-refractivity contribution in [1.82, 2.24) is 4.90 Å². The number of hydrogen-bond donors (Lipinski definition) is 0. The predicted octanol–water partition coefficient (Wildman–Crippen LogP) is 1.11. The third-order valence-electron chi connectivity index (χ3n) is 4.05. The zero-order valence-electron chi connectivity index (χ0n) is 12.6. The number of hydrogen-bond acceptors (Lipinski definition) is 5. The molecule has 1 amide bonds. The minimum Gasteiger partial charge on any atom is -0.465 e. The van der Waals surface area contributed by atoms with Crippen molar-refractivity contribution in [3.8, 4) is 0 Å². The monoisotopic (exact) mass is 295 g/mol. The van der Waals surface area contributed by atoms with Gasteiger partial charge >= 0.3 is 11.9 Å². The van der Waals surface area contributed by atoms with Crippen LogP contribution < -0.4 is 0 Å². The van der Waals surface area contributed by atoms with E-state index in [1.807, 2.05) is 11.0 Å². The quantitative estimate of drug-likeness (QED) is 0.729. The summed E-state index contributed by atoms with van der Waals surface area (Å²) in [5, 5.41) is 0. The molecule has 1 aliphatic carbocycles. The van der Waals surface area contributed by atoms with Crippen molar-refractivity contribution in [3.63, 3.8) is 0 Å². The smallest absolute Gasteiger partial charge is 0.307 e. The first-order chi connectivity index (χ1) is 9.86. The summed E-state index contributed by atoms with van der Waals surface area (Å²) < 4.78 is 10.3. The van der Waals surface area contributed by atoms with Gasteiger partial charge in [-0.2, -0.15) is 0 Å². The number of esters is 2. The van der Waals surface area contributed by atoms with E-state index in [0.717, 1.165) is 6.42 Å². The van der Waals surface area contributed by atoms with Crippen LogP contribution in [0.3, 0.4) is 0 Å². The molecule has 0 saturated carbocycles. The molecule has 0 spiro atoms. The Labute approximate surface area is 124 Å². The Balaban J connectivity index is 2.11. The van der Waals surface area contributed by atoms with Gasteiger partial charge in [0.25, 0.3) is 0 Å². The molecule has 0 aromatic rings. The zero-order chi connectivity index (χ0) is 15.6. The van der Waals surface area contributed by atoms with Gasteiger partial charge in [-0.15, -0.1) is 0 Å². The van der Waals surface area contributed by atoms with Crippen molar-refractivity contribution in [3.05, 3.63) is 11.8 Å². The third-order valence-corrected chi connectivity index (χ3v) is 4.05. The number of carbonyl (C=O) groups excluding carboxylic acids is 3. The summed E-state index contributed by atoms with van der Waals surface area (Å²) in [5.74, 6) is 0.306. The van der Waals surface area contributed by atoms with Crippen LogP contribution in [0.25, 0.3) is 0 Å². The van der Waals surface area contributed by atoms with Crippen molar-refractivity contribution in [2.75, 3.05) is 19.7 Å². The molecule has 0 aromatic carbocycles. The molecule has 21 heavy (non-hydrogen) atoms. The predicted molar refractivity (Wildman–Crippen MR) is 73.8 cm³/mol.